The van der Waals surface area contributed by atoms with Gasteiger partial charge in [-0.3, -0.25) is 14.3 Å². The van der Waals surface area contributed by atoms with Gasteiger partial charge in [-0.05, 0) is 55.0 Å². The number of halogens is 1. The molecule has 162 valence electrons. The summed E-state index contributed by atoms with van der Waals surface area (Å²) in [5.41, 5.74) is 1.23. The van der Waals surface area contributed by atoms with Crippen molar-refractivity contribution in [1.82, 2.24) is 10.6 Å². The average molecular weight is 462 g/mol. The van der Waals surface area contributed by atoms with E-state index in [1.54, 1.807) is 30.3 Å². The van der Waals surface area contributed by atoms with E-state index in [4.69, 9.17) is 16.0 Å². The molecule has 0 spiro atoms. The highest BCUT2D eigenvalue weighted by Crippen LogP contribution is 2.23. The number of rotatable bonds is 8. The Hall–Kier alpha value is -3.30. The number of carbonyl (C=O) groups excluding carboxylic acids is 2. The molecule has 3 N–H and O–H groups in total. The summed E-state index contributed by atoms with van der Waals surface area (Å²) >= 11 is 6.08. The topological polar surface area (TPSA) is 118 Å². The van der Waals surface area contributed by atoms with E-state index >= 15 is 0 Å². The van der Waals surface area contributed by atoms with Gasteiger partial charge < -0.3 is 15.1 Å². The first kappa shape index (κ1) is 22.4. The van der Waals surface area contributed by atoms with Crippen LogP contribution in [0.1, 0.15) is 21.7 Å². The molecular formula is C21H20ClN3O5S. The molecule has 0 atom stereocenters. The summed E-state index contributed by atoms with van der Waals surface area (Å²) in [5.74, 6) is -0.543. The molecule has 31 heavy (non-hydrogen) atoms. The third-order valence-electron chi connectivity index (χ3n) is 4.21. The molecule has 3 rings (SSSR count). The first-order valence-electron chi connectivity index (χ1n) is 9.21. The quantitative estimate of drug-likeness (QED) is 0.476. The van der Waals surface area contributed by atoms with Gasteiger partial charge in [0.2, 0.25) is 5.91 Å². The van der Waals surface area contributed by atoms with Crippen molar-refractivity contribution in [1.29, 1.82) is 0 Å². The lowest BCUT2D eigenvalue weighted by Gasteiger charge is -2.11. The lowest BCUT2D eigenvalue weighted by Crippen LogP contribution is -2.36. The largest absolute Gasteiger partial charge is 0.467 e. The van der Waals surface area contributed by atoms with Gasteiger partial charge in [0.15, 0.2) is 0 Å². The Labute approximate surface area is 184 Å². The van der Waals surface area contributed by atoms with Gasteiger partial charge in [0.05, 0.1) is 34.8 Å². The van der Waals surface area contributed by atoms with Crippen molar-refractivity contribution in [2.75, 3.05) is 11.3 Å². The lowest BCUT2D eigenvalue weighted by atomic mass is 10.2. The van der Waals surface area contributed by atoms with Gasteiger partial charge in [0, 0.05) is 5.69 Å². The molecule has 0 saturated carbocycles. The van der Waals surface area contributed by atoms with E-state index in [2.05, 4.69) is 15.4 Å². The fourth-order valence-corrected chi connectivity index (χ4v) is 3.96. The van der Waals surface area contributed by atoms with Crippen LogP contribution in [0.2, 0.25) is 5.02 Å². The van der Waals surface area contributed by atoms with Gasteiger partial charge in [-0.25, -0.2) is 8.42 Å². The van der Waals surface area contributed by atoms with Crippen molar-refractivity contribution < 1.29 is 22.4 Å². The van der Waals surface area contributed by atoms with E-state index in [1.807, 2.05) is 13.0 Å². The number of aryl methyl sites for hydroxylation is 1. The van der Waals surface area contributed by atoms with E-state index in [1.165, 1.54) is 18.4 Å². The molecule has 2 amide bonds. The molecule has 0 aliphatic rings. The maximum absolute atomic E-state index is 12.7. The van der Waals surface area contributed by atoms with Crippen LogP contribution in [0, 0.1) is 6.92 Å². The molecule has 8 nitrogen and oxygen atoms in total. The SMILES string of the molecule is Cc1cccc(NS(=O)(=O)c2ccc(Cl)c(C(=O)NCC(=O)NCc3ccco3)c2)c1. The minimum Gasteiger partial charge on any atom is -0.467 e. The maximum atomic E-state index is 12.7. The van der Waals surface area contributed by atoms with Crippen molar-refractivity contribution in [3.05, 3.63) is 82.8 Å². The highest BCUT2D eigenvalue weighted by Gasteiger charge is 2.19. The first-order valence-corrected chi connectivity index (χ1v) is 11.1. The van der Waals surface area contributed by atoms with E-state index in [0.29, 0.717) is 11.4 Å². The zero-order chi connectivity index (χ0) is 22.4. The molecule has 0 aliphatic carbocycles. The van der Waals surface area contributed by atoms with E-state index < -0.39 is 21.8 Å². The molecule has 0 fully saturated rings. The Morgan fingerprint density at radius 1 is 1.03 bits per heavy atom. The molecular weight excluding hydrogens is 442 g/mol. The second-order valence-electron chi connectivity index (χ2n) is 6.66. The Bertz CT molecular complexity index is 1190. The minimum atomic E-state index is -3.95. The van der Waals surface area contributed by atoms with Gasteiger partial charge in [-0.2, -0.15) is 0 Å². The van der Waals surface area contributed by atoms with E-state index in [0.717, 1.165) is 11.6 Å². The highest BCUT2D eigenvalue weighted by atomic mass is 35.5. The molecule has 1 aromatic heterocycles. The highest BCUT2D eigenvalue weighted by molar-refractivity contribution is 7.92. The van der Waals surface area contributed by atoms with Crippen molar-refractivity contribution in [3.8, 4) is 0 Å². The first-order chi connectivity index (χ1) is 14.7. The summed E-state index contributed by atoms with van der Waals surface area (Å²) in [6.45, 7) is 1.71. The number of carbonyl (C=O) groups is 2. The Morgan fingerprint density at radius 3 is 2.55 bits per heavy atom. The van der Waals surface area contributed by atoms with E-state index in [-0.39, 0.29) is 28.6 Å². The van der Waals surface area contributed by atoms with Crippen molar-refractivity contribution in [2.45, 2.75) is 18.4 Å². The van der Waals surface area contributed by atoms with E-state index in [9.17, 15) is 18.0 Å². The number of sulfonamides is 1. The van der Waals surface area contributed by atoms with Crippen LogP contribution in [0.3, 0.4) is 0 Å². The molecule has 0 saturated heterocycles. The zero-order valence-electron chi connectivity index (χ0n) is 16.5. The van der Waals surface area contributed by atoms with Gasteiger partial charge in [-0.15, -0.1) is 0 Å². The summed E-state index contributed by atoms with van der Waals surface area (Å²) in [4.78, 5) is 24.3. The summed E-state index contributed by atoms with van der Waals surface area (Å²) < 4.78 is 33.0. The Kier molecular flexibility index (Phi) is 6.98. The number of nitrogens with one attached hydrogen (secondary N) is 3. The number of amides is 2. The number of furan rings is 1. The average Bonchev–Trinajstić information content (AvgIpc) is 3.24. The predicted octanol–water partition coefficient (Wildman–Crippen LogP) is 3.09. The summed E-state index contributed by atoms with van der Waals surface area (Å²) in [5, 5.41) is 5.07. The van der Waals surface area contributed by atoms with Crippen LogP contribution in [0.15, 0.2) is 70.2 Å². The molecule has 0 aliphatic heterocycles. The van der Waals surface area contributed by atoms with Crippen molar-refractivity contribution >= 4 is 39.1 Å². The van der Waals surface area contributed by atoms with Crippen molar-refractivity contribution in [3.63, 3.8) is 0 Å². The molecule has 10 heteroatoms. The fraction of sp³-hybridized carbons (Fsp3) is 0.143. The van der Waals surface area contributed by atoms with Crippen LogP contribution in [0.5, 0.6) is 0 Å². The number of hydrogen-bond donors (Lipinski definition) is 3. The molecule has 3 aromatic rings. The molecule has 1 heterocycles. The van der Waals surface area contributed by atoms with Gasteiger partial charge in [0.25, 0.3) is 15.9 Å². The number of benzene rings is 2. The van der Waals surface area contributed by atoms with Gasteiger partial charge >= 0.3 is 0 Å². The third-order valence-corrected chi connectivity index (χ3v) is 5.92. The summed E-state index contributed by atoms with van der Waals surface area (Å²) in [6.07, 6.45) is 1.49. The Balaban J connectivity index is 1.66. The van der Waals surface area contributed by atoms with Crippen LogP contribution in [-0.2, 0) is 21.4 Å². The van der Waals surface area contributed by atoms with Crippen LogP contribution in [-0.4, -0.2) is 26.8 Å². The molecule has 0 bridgehead atoms. The summed E-state index contributed by atoms with van der Waals surface area (Å²) in [7, 11) is -3.95. The van der Waals surface area contributed by atoms with Crippen LogP contribution >= 0.6 is 11.6 Å². The fourth-order valence-electron chi connectivity index (χ4n) is 2.69. The van der Waals surface area contributed by atoms with Crippen LogP contribution < -0.4 is 15.4 Å². The zero-order valence-corrected chi connectivity index (χ0v) is 18.1. The lowest BCUT2D eigenvalue weighted by molar-refractivity contribution is -0.120. The molecule has 2 aromatic carbocycles. The number of anilines is 1. The summed E-state index contributed by atoms with van der Waals surface area (Å²) in [6, 6.07) is 14.0. The third kappa shape index (κ3) is 6.09. The second kappa shape index (κ2) is 9.67. The number of hydrogen-bond acceptors (Lipinski definition) is 5. The maximum Gasteiger partial charge on any atom is 0.261 e. The van der Waals surface area contributed by atoms with Gasteiger partial charge in [0.1, 0.15) is 5.76 Å². The van der Waals surface area contributed by atoms with Crippen molar-refractivity contribution in [2.24, 2.45) is 0 Å². The molecule has 0 radical (unpaired) electrons. The van der Waals surface area contributed by atoms with Crippen LogP contribution in [0.4, 0.5) is 5.69 Å². The van der Waals surface area contributed by atoms with Gasteiger partial charge in [-0.1, -0.05) is 23.7 Å². The normalized spacial score (nSPS) is 11.0. The predicted molar refractivity (Wildman–Crippen MR) is 116 cm³/mol. The smallest absolute Gasteiger partial charge is 0.261 e. The minimum absolute atomic E-state index is 0.0583. The standard InChI is InChI=1S/C21H20ClN3O5S/c1-14-4-2-5-15(10-14)25-31(28,29)17-7-8-19(22)18(11-17)21(27)24-13-20(26)23-12-16-6-3-9-30-16/h2-11,25H,12-13H2,1H3,(H,23,26)(H,24,27). The van der Waals surface area contributed by atoms with Crippen LogP contribution in [0.25, 0.3) is 0 Å². The monoisotopic (exact) mass is 461 g/mol. The second-order valence-corrected chi connectivity index (χ2v) is 8.75. The Morgan fingerprint density at radius 2 is 1.84 bits per heavy atom. The molecule has 0 unspecified atom stereocenters.